The summed E-state index contributed by atoms with van der Waals surface area (Å²) in [5, 5.41) is 0. The largest absolute Gasteiger partial charge is 0.406 e. The Morgan fingerprint density at radius 3 is 2.57 bits per heavy atom. The van der Waals surface area contributed by atoms with Gasteiger partial charge in [-0.15, -0.1) is 0 Å². The molecule has 0 aromatic heterocycles. The van der Waals surface area contributed by atoms with E-state index in [-0.39, 0.29) is 19.0 Å². The van der Waals surface area contributed by atoms with Crippen LogP contribution in [0.15, 0.2) is 0 Å². The van der Waals surface area contributed by atoms with Crippen LogP contribution < -0.4 is 0 Å². The van der Waals surface area contributed by atoms with Crippen LogP contribution in [0.4, 0.5) is 13.2 Å². The fourth-order valence-corrected chi connectivity index (χ4v) is 3.18. The molecule has 2 amide bonds. The minimum Gasteiger partial charge on any atom is -0.368 e. The first-order valence-corrected chi connectivity index (χ1v) is 8.07. The summed E-state index contributed by atoms with van der Waals surface area (Å²) in [6.45, 7) is 1.58. The number of nitrogens with zero attached hydrogens (tertiary/aromatic N) is 2. The molecule has 2 rings (SSSR count). The smallest absolute Gasteiger partial charge is 0.368 e. The second-order valence-electron chi connectivity index (χ2n) is 6.09. The van der Waals surface area contributed by atoms with Crippen LogP contribution in [-0.2, 0) is 14.3 Å². The van der Waals surface area contributed by atoms with Gasteiger partial charge in [0, 0.05) is 26.2 Å². The average Bonchev–Trinajstić information content (AvgIpc) is 3.05. The van der Waals surface area contributed by atoms with Crippen LogP contribution in [0.5, 0.6) is 0 Å². The number of carbonyl (C=O) groups is 2. The number of ether oxygens (including phenoxy) is 1. The van der Waals surface area contributed by atoms with Crippen molar-refractivity contribution in [2.75, 3.05) is 32.8 Å². The third-order valence-corrected chi connectivity index (χ3v) is 4.35. The van der Waals surface area contributed by atoms with Crippen molar-refractivity contribution in [2.45, 2.75) is 44.9 Å². The Bertz CT molecular complexity index is 436. The van der Waals surface area contributed by atoms with Gasteiger partial charge >= 0.3 is 6.18 Å². The summed E-state index contributed by atoms with van der Waals surface area (Å²) in [4.78, 5) is 27.1. The maximum atomic E-state index is 12.6. The van der Waals surface area contributed by atoms with Crippen molar-refractivity contribution < 1.29 is 27.5 Å². The highest BCUT2D eigenvalue weighted by Gasteiger charge is 2.38. The van der Waals surface area contributed by atoms with Gasteiger partial charge in [0.25, 0.3) is 5.91 Å². The summed E-state index contributed by atoms with van der Waals surface area (Å²) in [5.74, 6) is -1.22. The van der Waals surface area contributed by atoms with Gasteiger partial charge in [-0.05, 0) is 32.6 Å². The highest BCUT2D eigenvalue weighted by molar-refractivity contribution is 5.83. The van der Waals surface area contributed by atoms with Crippen LogP contribution in [0.2, 0.25) is 0 Å². The molecule has 2 aliphatic rings. The van der Waals surface area contributed by atoms with Crippen LogP contribution >= 0.6 is 0 Å². The molecule has 5 nitrogen and oxygen atoms in total. The molecule has 2 saturated heterocycles. The van der Waals surface area contributed by atoms with Crippen LogP contribution in [-0.4, -0.2) is 66.7 Å². The molecule has 2 fully saturated rings. The lowest BCUT2D eigenvalue weighted by Crippen LogP contribution is -2.50. The van der Waals surface area contributed by atoms with Crippen LogP contribution in [0.1, 0.15) is 32.6 Å². The van der Waals surface area contributed by atoms with Crippen molar-refractivity contribution >= 4 is 11.8 Å². The molecule has 132 valence electrons. The number of piperidine rings is 1. The average molecular weight is 336 g/mol. The summed E-state index contributed by atoms with van der Waals surface area (Å²) in [6.07, 6.45) is -2.22. The molecule has 0 aromatic carbocycles. The zero-order valence-electron chi connectivity index (χ0n) is 13.3. The van der Waals surface area contributed by atoms with Gasteiger partial charge in [-0.25, -0.2) is 0 Å². The van der Waals surface area contributed by atoms with E-state index in [2.05, 4.69) is 0 Å². The molecule has 23 heavy (non-hydrogen) atoms. The molecule has 0 aromatic rings. The number of carbonyl (C=O) groups excluding carboxylic acids is 2. The number of rotatable bonds is 4. The van der Waals surface area contributed by atoms with Gasteiger partial charge in [-0.2, -0.15) is 13.2 Å². The quantitative estimate of drug-likeness (QED) is 0.787. The molecule has 2 atom stereocenters. The minimum atomic E-state index is -4.41. The van der Waals surface area contributed by atoms with Crippen molar-refractivity contribution in [3.63, 3.8) is 0 Å². The third-order valence-electron chi connectivity index (χ3n) is 4.35. The molecule has 2 heterocycles. The molecule has 8 heteroatoms. The van der Waals surface area contributed by atoms with E-state index in [1.54, 1.807) is 4.90 Å². The Kier molecular flexibility index (Phi) is 5.89. The number of hydrogen-bond donors (Lipinski definition) is 0. The van der Waals surface area contributed by atoms with Crippen LogP contribution in [0, 0.1) is 5.92 Å². The van der Waals surface area contributed by atoms with Gasteiger partial charge in [0.2, 0.25) is 5.91 Å². The molecule has 0 radical (unpaired) electrons. The number of hydrogen-bond acceptors (Lipinski definition) is 3. The number of alkyl halides is 3. The molecule has 0 spiro atoms. The predicted molar refractivity (Wildman–Crippen MR) is 76.6 cm³/mol. The first kappa shape index (κ1) is 18.0. The van der Waals surface area contributed by atoms with Gasteiger partial charge in [0.1, 0.15) is 12.6 Å². The molecule has 0 aliphatic carbocycles. The highest BCUT2D eigenvalue weighted by atomic mass is 19.4. The second-order valence-corrected chi connectivity index (χ2v) is 6.09. The topological polar surface area (TPSA) is 49.9 Å². The minimum absolute atomic E-state index is 0.00846. The Morgan fingerprint density at radius 1 is 1.26 bits per heavy atom. The van der Waals surface area contributed by atoms with Crippen molar-refractivity contribution in [3.05, 3.63) is 0 Å². The zero-order valence-corrected chi connectivity index (χ0v) is 13.3. The first-order valence-electron chi connectivity index (χ1n) is 8.07. The molecule has 0 N–H and O–H groups in total. The predicted octanol–water partition coefficient (Wildman–Crippen LogP) is 1.81. The summed E-state index contributed by atoms with van der Waals surface area (Å²) < 4.78 is 43.0. The van der Waals surface area contributed by atoms with E-state index in [9.17, 15) is 22.8 Å². The summed E-state index contributed by atoms with van der Waals surface area (Å²) in [5.41, 5.74) is 0. The van der Waals surface area contributed by atoms with Gasteiger partial charge in [0.15, 0.2) is 0 Å². The molecule has 0 saturated carbocycles. The van der Waals surface area contributed by atoms with Gasteiger partial charge < -0.3 is 14.5 Å². The SMILES string of the molecule is CCN(CC(F)(F)F)C(=O)[C@H]1CCCN(C(=O)[C@@H]2CCCO2)C1. The van der Waals surface area contributed by atoms with Crippen molar-refractivity contribution in [1.82, 2.24) is 9.80 Å². The lowest BCUT2D eigenvalue weighted by molar-refractivity contribution is -0.165. The molecular formula is C15H23F3N2O3. The summed E-state index contributed by atoms with van der Waals surface area (Å²) >= 11 is 0. The standard InChI is InChI=1S/C15H23F3N2O3/c1-2-19(10-15(16,17)18)13(21)11-5-3-7-20(9-11)14(22)12-6-4-8-23-12/h11-12H,2-10H2,1H3/t11-,12-/m0/s1. The van der Waals surface area contributed by atoms with Gasteiger partial charge in [0.05, 0.1) is 5.92 Å². The van der Waals surface area contributed by atoms with E-state index < -0.39 is 30.7 Å². The van der Waals surface area contributed by atoms with E-state index in [1.165, 1.54) is 6.92 Å². The maximum Gasteiger partial charge on any atom is 0.406 e. The van der Waals surface area contributed by atoms with Crippen LogP contribution in [0.3, 0.4) is 0 Å². The van der Waals surface area contributed by atoms with E-state index in [1.807, 2.05) is 0 Å². The number of halogens is 3. The van der Waals surface area contributed by atoms with E-state index in [4.69, 9.17) is 4.74 Å². The third kappa shape index (κ3) is 4.83. The lowest BCUT2D eigenvalue weighted by atomic mass is 9.95. The molecule has 2 aliphatic heterocycles. The zero-order chi connectivity index (χ0) is 17.0. The van der Waals surface area contributed by atoms with Crippen LogP contribution in [0.25, 0.3) is 0 Å². The van der Waals surface area contributed by atoms with Crippen molar-refractivity contribution in [1.29, 1.82) is 0 Å². The molecule has 0 bridgehead atoms. The fourth-order valence-electron chi connectivity index (χ4n) is 3.18. The summed E-state index contributed by atoms with van der Waals surface area (Å²) in [6, 6.07) is 0. The Balaban J connectivity index is 1.96. The second kappa shape index (κ2) is 7.51. The van der Waals surface area contributed by atoms with Gasteiger partial charge in [-0.3, -0.25) is 9.59 Å². The van der Waals surface area contributed by atoms with E-state index in [0.29, 0.717) is 32.4 Å². The normalized spacial score (nSPS) is 25.5. The first-order chi connectivity index (χ1) is 10.8. The van der Waals surface area contributed by atoms with Crippen molar-refractivity contribution in [2.24, 2.45) is 5.92 Å². The number of likely N-dealkylation sites (tertiary alicyclic amines) is 1. The molecular weight excluding hydrogens is 313 g/mol. The van der Waals surface area contributed by atoms with E-state index in [0.717, 1.165) is 11.3 Å². The Morgan fingerprint density at radius 2 is 2.00 bits per heavy atom. The van der Waals surface area contributed by atoms with E-state index >= 15 is 0 Å². The van der Waals surface area contributed by atoms with Crippen molar-refractivity contribution in [3.8, 4) is 0 Å². The lowest BCUT2D eigenvalue weighted by Gasteiger charge is -2.35. The highest BCUT2D eigenvalue weighted by Crippen LogP contribution is 2.24. The fraction of sp³-hybridized carbons (Fsp3) is 0.867. The Hall–Kier alpha value is -1.31. The van der Waals surface area contributed by atoms with Gasteiger partial charge in [-0.1, -0.05) is 0 Å². The monoisotopic (exact) mass is 336 g/mol. The molecule has 0 unspecified atom stereocenters. The maximum absolute atomic E-state index is 12.6. The Labute approximate surface area is 133 Å². The number of amides is 2. The summed E-state index contributed by atoms with van der Waals surface area (Å²) in [7, 11) is 0.